The molecule has 0 saturated carbocycles. The molecule has 1 unspecified atom stereocenters. The van der Waals surface area contributed by atoms with Gasteiger partial charge in [-0.25, -0.2) is 4.39 Å². The molecule has 0 radical (unpaired) electrons. The molecular weight excluding hydrogens is 335 g/mol. The van der Waals surface area contributed by atoms with Gasteiger partial charge in [-0.05, 0) is 47.9 Å². The Morgan fingerprint density at radius 1 is 1.29 bits per heavy atom. The van der Waals surface area contributed by atoms with Crippen molar-refractivity contribution in [3.05, 3.63) is 63.4 Å². The molecule has 0 amide bonds. The van der Waals surface area contributed by atoms with Crippen LogP contribution in [0.25, 0.3) is 0 Å². The lowest BCUT2D eigenvalue weighted by atomic mass is 9.88. The van der Waals surface area contributed by atoms with Crippen LogP contribution in [0.4, 0.5) is 4.39 Å². The van der Waals surface area contributed by atoms with E-state index >= 15 is 0 Å². The minimum atomic E-state index is -1.08. The highest BCUT2D eigenvalue weighted by molar-refractivity contribution is 9.10. The van der Waals surface area contributed by atoms with Gasteiger partial charge in [-0.3, -0.25) is 0 Å². The smallest absolute Gasteiger partial charge is 0.126 e. The van der Waals surface area contributed by atoms with Gasteiger partial charge in [0.25, 0.3) is 0 Å². The van der Waals surface area contributed by atoms with Gasteiger partial charge in [0, 0.05) is 17.3 Å². The third-order valence-corrected chi connectivity index (χ3v) is 4.28. The minimum absolute atomic E-state index is 0.304. The fraction of sp³-hybridized carbons (Fsp3) is 0.294. The van der Waals surface area contributed by atoms with Gasteiger partial charge < -0.3 is 9.84 Å². The number of hydrogen-bond acceptors (Lipinski definition) is 2. The van der Waals surface area contributed by atoms with Crippen molar-refractivity contribution in [2.75, 3.05) is 6.61 Å². The molecule has 2 aromatic rings. The number of benzene rings is 2. The Morgan fingerprint density at radius 3 is 2.71 bits per heavy atom. The lowest BCUT2D eigenvalue weighted by molar-refractivity contribution is 0.0569. The molecular formula is C17H16BrFO2. The predicted octanol–water partition coefficient (Wildman–Crippen LogP) is 3.97. The molecule has 4 heteroatoms. The molecule has 1 aliphatic heterocycles. The molecule has 3 rings (SSSR count). The van der Waals surface area contributed by atoms with E-state index in [4.69, 9.17) is 4.74 Å². The van der Waals surface area contributed by atoms with Crippen LogP contribution in [0.1, 0.15) is 23.6 Å². The zero-order valence-corrected chi connectivity index (χ0v) is 13.3. The zero-order valence-electron chi connectivity index (χ0n) is 11.7. The topological polar surface area (TPSA) is 29.5 Å². The van der Waals surface area contributed by atoms with Crippen LogP contribution in [0, 0.1) is 5.82 Å². The van der Waals surface area contributed by atoms with Gasteiger partial charge in [0.05, 0.1) is 12.2 Å². The van der Waals surface area contributed by atoms with Crippen molar-refractivity contribution in [2.45, 2.75) is 25.4 Å². The highest BCUT2D eigenvalue weighted by Gasteiger charge is 2.27. The third kappa shape index (κ3) is 2.97. The van der Waals surface area contributed by atoms with Crippen LogP contribution >= 0.6 is 15.9 Å². The molecule has 0 aliphatic carbocycles. The summed E-state index contributed by atoms with van der Waals surface area (Å²) in [6.07, 6.45) is 1.31. The van der Waals surface area contributed by atoms with Crippen molar-refractivity contribution < 1.29 is 14.2 Å². The average Bonchev–Trinajstić information content (AvgIpc) is 2.87. The Bertz CT molecular complexity index is 665. The molecule has 1 heterocycles. The number of rotatable bonds is 3. The number of fused-ring (bicyclic) bond motifs is 1. The summed E-state index contributed by atoms with van der Waals surface area (Å²) in [5.41, 5.74) is 1.74. The van der Waals surface area contributed by atoms with Crippen molar-refractivity contribution in [3.63, 3.8) is 0 Å². The molecule has 0 saturated heterocycles. The van der Waals surface area contributed by atoms with Crippen LogP contribution in [0.5, 0.6) is 5.75 Å². The van der Waals surface area contributed by atoms with Crippen LogP contribution in [0.3, 0.4) is 0 Å². The Labute approximate surface area is 131 Å². The molecule has 1 N–H and O–H groups in total. The van der Waals surface area contributed by atoms with E-state index in [1.165, 1.54) is 12.1 Å². The minimum Gasteiger partial charge on any atom is -0.493 e. The molecule has 1 aliphatic rings. The second-order valence-electron chi connectivity index (χ2n) is 5.61. The van der Waals surface area contributed by atoms with Gasteiger partial charge in [-0.1, -0.05) is 28.1 Å². The zero-order chi connectivity index (χ0) is 15.0. The maximum Gasteiger partial charge on any atom is 0.126 e. The number of aliphatic hydroxyl groups is 1. The molecule has 2 aromatic carbocycles. The first-order chi connectivity index (χ1) is 9.95. The van der Waals surface area contributed by atoms with Crippen LogP contribution in [0.2, 0.25) is 0 Å². The maximum atomic E-state index is 13.0. The Hall–Kier alpha value is -1.39. The largest absolute Gasteiger partial charge is 0.493 e. The quantitative estimate of drug-likeness (QED) is 0.907. The summed E-state index contributed by atoms with van der Waals surface area (Å²) in [7, 11) is 0. The van der Waals surface area contributed by atoms with Crippen molar-refractivity contribution in [3.8, 4) is 5.75 Å². The van der Waals surface area contributed by atoms with Crippen LogP contribution in [-0.2, 0) is 18.4 Å². The van der Waals surface area contributed by atoms with Gasteiger partial charge in [0.15, 0.2) is 0 Å². The number of ether oxygens (including phenoxy) is 1. The first kappa shape index (κ1) is 14.5. The third-order valence-electron chi connectivity index (χ3n) is 3.83. The van der Waals surface area contributed by atoms with Gasteiger partial charge in [-0.2, -0.15) is 0 Å². The van der Waals surface area contributed by atoms with Crippen LogP contribution in [-0.4, -0.2) is 11.7 Å². The van der Waals surface area contributed by atoms with E-state index in [1.54, 1.807) is 19.1 Å². The average molecular weight is 351 g/mol. The highest BCUT2D eigenvalue weighted by Crippen LogP contribution is 2.37. The molecule has 2 nitrogen and oxygen atoms in total. The summed E-state index contributed by atoms with van der Waals surface area (Å²) in [6, 6.07) is 10.0. The molecule has 0 fully saturated rings. The summed E-state index contributed by atoms with van der Waals surface area (Å²) in [6.45, 7) is 2.42. The number of halogens is 2. The highest BCUT2D eigenvalue weighted by atomic mass is 79.9. The first-order valence-corrected chi connectivity index (χ1v) is 7.67. The fourth-order valence-electron chi connectivity index (χ4n) is 2.76. The van der Waals surface area contributed by atoms with Crippen molar-refractivity contribution >= 4 is 15.9 Å². The summed E-state index contributed by atoms with van der Waals surface area (Å²) >= 11 is 3.50. The number of hydrogen-bond donors (Lipinski definition) is 1. The summed E-state index contributed by atoms with van der Waals surface area (Å²) < 4.78 is 19.7. The Morgan fingerprint density at radius 2 is 2.00 bits per heavy atom. The Kier molecular flexibility index (Phi) is 3.76. The van der Waals surface area contributed by atoms with Crippen LogP contribution < -0.4 is 4.74 Å². The molecule has 0 aromatic heterocycles. The molecule has 0 bridgehead atoms. The van der Waals surface area contributed by atoms with E-state index in [0.29, 0.717) is 18.6 Å². The second-order valence-corrected chi connectivity index (χ2v) is 6.52. The van der Waals surface area contributed by atoms with E-state index in [2.05, 4.69) is 22.0 Å². The monoisotopic (exact) mass is 350 g/mol. The standard InChI is InChI=1S/C17H16BrFO2/c1-17(20,13-2-4-15(19)5-3-13)10-12-9-14(18)8-11-6-7-21-16(11)12/h2-5,8-9,20H,6-7,10H2,1H3. The summed E-state index contributed by atoms with van der Waals surface area (Å²) in [4.78, 5) is 0. The molecule has 21 heavy (non-hydrogen) atoms. The van der Waals surface area contributed by atoms with E-state index in [0.717, 1.165) is 27.8 Å². The summed E-state index contributed by atoms with van der Waals surface area (Å²) in [5.74, 6) is 0.571. The second kappa shape index (κ2) is 5.43. The maximum absolute atomic E-state index is 13.0. The van der Waals surface area contributed by atoms with Crippen molar-refractivity contribution in [1.29, 1.82) is 0 Å². The van der Waals surface area contributed by atoms with E-state index in [-0.39, 0.29) is 5.82 Å². The lowest BCUT2D eigenvalue weighted by Gasteiger charge is -2.25. The lowest BCUT2D eigenvalue weighted by Crippen LogP contribution is -2.24. The summed E-state index contributed by atoms with van der Waals surface area (Å²) in [5, 5.41) is 10.8. The molecule has 110 valence electrons. The van der Waals surface area contributed by atoms with Crippen molar-refractivity contribution in [2.24, 2.45) is 0 Å². The molecule has 0 spiro atoms. The van der Waals surface area contributed by atoms with Crippen LogP contribution in [0.15, 0.2) is 40.9 Å². The van der Waals surface area contributed by atoms with Crippen molar-refractivity contribution in [1.82, 2.24) is 0 Å². The normalized spacial score (nSPS) is 16.2. The molecule has 1 atom stereocenters. The van der Waals surface area contributed by atoms with Gasteiger partial charge in [0.1, 0.15) is 11.6 Å². The van der Waals surface area contributed by atoms with E-state index < -0.39 is 5.60 Å². The first-order valence-electron chi connectivity index (χ1n) is 6.88. The van der Waals surface area contributed by atoms with E-state index in [1.807, 2.05) is 6.07 Å². The van der Waals surface area contributed by atoms with Gasteiger partial charge >= 0.3 is 0 Å². The van der Waals surface area contributed by atoms with E-state index in [9.17, 15) is 9.50 Å². The SMILES string of the molecule is CC(O)(Cc1cc(Br)cc2c1OCC2)c1ccc(F)cc1. The predicted molar refractivity (Wildman–Crippen MR) is 83.0 cm³/mol. The van der Waals surface area contributed by atoms with Gasteiger partial charge in [-0.15, -0.1) is 0 Å². The van der Waals surface area contributed by atoms with Gasteiger partial charge in [0.2, 0.25) is 0 Å². The Balaban J connectivity index is 1.94. The fourth-order valence-corrected chi connectivity index (χ4v) is 3.31.